The van der Waals surface area contributed by atoms with Crippen molar-refractivity contribution in [1.82, 2.24) is 15.8 Å². The number of aromatic nitrogens is 1. The molecule has 26 heavy (non-hydrogen) atoms. The first-order valence-corrected chi connectivity index (χ1v) is 9.00. The first-order chi connectivity index (χ1) is 12.3. The van der Waals surface area contributed by atoms with Crippen molar-refractivity contribution in [3.8, 4) is 11.3 Å². The van der Waals surface area contributed by atoms with Crippen LogP contribution in [0.3, 0.4) is 0 Å². The van der Waals surface area contributed by atoms with Gasteiger partial charge in [-0.2, -0.15) is 0 Å². The smallest absolute Gasteiger partial charge is 0.274 e. The fourth-order valence-electron chi connectivity index (χ4n) is 2.78. The predicted octanol–water partition coefficient (Wildman–Crippen LogP) is 2.99. The van der Waals surface area contributed by atoms with Gasteiger partial charge in [0, 0.05) is 17.7 Å². The zero-order chi connectivity index (χ0) is 18.8. The van der Waals surface area contributed by atoms with Gasteiger partial charge in [0.25, 0.3) is 5.91 Å². The Hall–Kier alpha value is -2.63. The summed E-state index contributed by atoms with van der Waals surface area (Å²) in [7, 11) is 0. The maximum atomic E-state index is 12.5. The highest BCUT2D eigenvalue weighted by atomic mass is 16.5. The topological polar surface area (TPSA) is 84.2 Å². The standard InChI is InChI=1S/C20H25N3O3/c1-11(2)18(20(25)21-14-7-8-14)22-19(24)16-10-17(26-23-16)15-9-12(3)5-6-13(15)4/h5-6,9-11,14,18H,7-8H2,1-4H3,(H,21,25)(H,22,24). The normalized spacial score (nSPS) is 15.0. The lowest BCUT2D eigenvalue weighted by Gasteiger charge is -2.21. The molecule has 1 aromatic carbocycles. The van der Waals surface area contributed by atoms with Crippen LogP contribution in [-0.4, -0.2) is 29.1 Å². The SMILES string of the molecule is Cc1ccc(C)c(-c2cc(C(=O)NC(C(=O)NC3CC3)C(C)C)no2)c1. The van der Waals surface area contributed by atoms with E-state index in [4.69, 9.17) is 4.52 Å². The van der Waals surface area contributed by atoms with Crippen LogP contribution in [0.4, 0.5) is 0 Å². The molecule has 3 rings (SSSR count). The van der Waals surface area contributed by atoms with Crippen LogP contribution < -0.4 is 10.6 Å². The third kappa shape index (κ3) is 4.12. The van der Waals surface area contributed by atoms with Crippen molar-refractivity contribution in [2.24, 2.45) is 5.92 Å². The van der Waals surface area contributed by atoms with Crippen LogP contribution in [0.2, 0.25) is 0 Å². The number of carbonyl (C=O) groups excluding carboxylic acids is 2. The van der Waals surface area contributed by atoms with Gasteiger partial charge < -0.3 is 15.2 Å². The minimum atomic E-state index is -0.594. The Morgan fingerprint density at radius 1 is 1.19 bits per heavy atom. The lowest BCUT2D eigenvalue weighted by molar-refractivity contribution is -0.124. The number of hydrogen-bond acceptors (Lipinski definition) is 4. The molecule has 2 amide bonds. The molecule has 2 aromatic rings. The van der Waals surface area contributed by atoms with E-state index in [1.165, 1.54) is 0 Å². The van der Waals surface area contributed by atoms with E-state index in [9.17, 15) is 9.59 Å². The molecule has 6 heteroatoms. The summed E-state index contributed by atoms with van der Waals surface area (Å²) in [4.78, 5) is 24.9. The van der Waals surface area contributed by atoms with Crippen LogP contribution in [0.15, 0.2) is 28.8 Å². The highest BCUT2D eigenvalue weighted by Crippen LogP contribution is 2.25. The number of amides is 2. The Bertz CT molecular complexity index is 821. The quantitative estimate of drug-likeness (QED) is 0.834. The molecule has 1 aliphatic rings. The largest absolute Gasteiger partial charge is 0.355 e. The Kier molecular flexibility index (Phi) is 5.11. The fraction of sp³-hybridized carbons (Fsp3) is 0.450. The van der Waals surface area contributed by atoms with Crippen LogP contribution in [0.5, 0.6) is 0 Å². The Labute approximate surface area is 153 Å². The van der Waals surface area contributed by atoms with E-state index in [0.29, 0.717) is 5.76 Å². The van der Waals surface area contributed by atoms with Gasteiger partial charge in [0.05, 0.1) is 0 Å². The van der Waals surface area contributed by atoms with Crippen molar-refractivity contribution in [2.45, 2.75) is 52.6 Å². The number of nitrogens with zero attached hydrogens (tertiary/aromatic N) is 1. The van der Waals surface area contributed by atoms with Gasteiger partial charge >= 0.3 is 0 Å². The first kappa shape index (κ1) is 18.2. The second-order valence-electron chi connectivity index (χ2n) is 7.37. The molecule has 0 saturated heterocycles. The summed E-state index contributed by atoms with van der Waals surface area (Å²) in [6.45, 7) is 7.79. The van der Waals surface area contributed by atoms with Crippen molar-refractivity contribution >= 4 is 11.8 Å². The van der Waals surface area contributed by atoms with Gasteiger partial charge in [-0.3, -0.25) is 9.59 Å². The maximum Gasteiger partial charge on any atom is 0.274 e. The highest BCUT2D eigenvalue weighted by Gasteiger charge is 2.30. The summed E-state index contributed by atoms with van der Waals surface area (Å²) in [5.41, 5.74) is 3.22. The van der Waals surface area contributed by atoms with Crippen LogP contribution in [0, 0.1) is 19.8 Å². The number of rotatable bonds is 6. The van der Waals surface area contributed by atoms with Gasteiger partial charge in [0.15, 0.2) is 11.5 Å². The highest BCUT2D eigenvalue weighted by molar-refractivity contribution is 5.96. The summed E-state index contributed by atoms with van der Waals surface area (Å²) in [6, 6.07) is 7.30. The molecule has 6 nitrogen and oxygen atoms in total. The molecule has 138 valence electrons. The van der Waals surface area contributed by atoms with E-state index in [1.807, 2.05) is 45.9 Å². The number of benzene rings is 1. The summed E-state index contributed by atoms with van der Waals surface area (Å²) >= 11 is 0. The Balaban J connectivity index is 1.74. The molecule has 1 unspecified atom stereocenters. The van der Waals surface area contributed by atoms with Crippen molar-refractivity contribution in [2.75, 3.05) is 0 Å². The fourth-order valence-corrected chi connectivity index (χ4v) is 2.78. The molecule has 1 fully saturated rings. The average Bonchev–Trinajstić information content (AvgIpc) is 3.26. The van der Waals surface area contributed by atoms with Crippen LogP contribution in [0.1, 0.15) is 48.3 Å². The third-order valence-electron chi connectivity index (χ3n) is 4.56. The summed E-state index contributed by atoms with van der Waals surface area (Å²) in [5.74, 6) is -0.0352. The van der Waals surface area contributed by atoms with E-state index in [2.05, 4.69) is 15.8 Å². The second kappa shape index (κ2) is 7.32. The summed E-state index contributed by atoms with van der Waals surface area (Å²) in [5, 5.41) is 9.61. The molecule has 1 atom stereocenters. The van der Waals surface area contributed by atoms with Crippen molar-refractivity contribution in [3.05, 3.63) is 41.1 Å². The van der Waals surface area contributed by atoms with Crippen molar-refractivity contribution in [3.63, 3.8) is 0 Å². The number of hydrogen-bond donors (Lipinski definition) is 2. The van der Waals surface area contributed by atoms with Gasteiger partial charge in [-0.1, -0.05) is 36.7 Å². The average molecular weight is 355 g/mol. The monoisotopic (exact) mass is 355 g/mol. The zero-order valence-electron chi connectivity index (χ0n) is 15.6. The number of nitrogens with one attached hydrogen (secondary N) is 2. The van der Waals surface area contributed by atoms with Crippen molar-refractivity contribution in [1.29, 1.82) is 0 Å². The molecule has 0 radical (unpaired) electrons. The Morgan fingerprint density at radius 2 is 1.92 bits per heavy atom. The summed E-state index contributed by atoms with van der Waals surface area (Å²) < 4.78 is 5.37. The van der Waals surface area contributed by atoms with Crippen molar-refractivity contribution < 1.29 is 14.1 Å². The minimum Gasteiger partial charge on any atom is -0.355 e. The lowest BCUT2D eigenvalue weighted by Crippen LogP contribution is -2.50. The number of carbonyl (C=O) groups is 2. The molecular weight excluding hydrogens is 330 g/mol. The molecule has 0 aliphatic heterocycles. The van der Waals surface area contributed by atoms with Gasteiger partial charge in [-0.15, -0.1) is 0 Å². The molecule has 1 saturated carbocycles. The predicted molar refractivity (Wildman–Crippen MR) is 98.7 cm³/mol. The maximum absolute atomic E-state index is 12.5. The van der Waals surface area contributed by atoms with Crippen LogP contribution in [0.25, 0.3) is 11.3 Å². The van der Waals surface area contributed by atoms with E-state index < -0.39 is 11.9 Å². The van der Waals surface area contributed by atoms with Gasteiger partial charge in [0.2, 0.25) is 5.91 Å². The van der Waals surface area contributed by atoms with Crippen LogP contribution in [-0.2, 0) is 4.79 Å². The van der Waals surface area contributed by atoms with E-state index in [1.54, 1.807) is 6.07 Å². The van der Waals surface area contributed by atoms with E-state index >= 15 is 0 Å². The molecule has 2 N–H and O–H groups in total. The second-order valence-corrected chi connectivity index (χ2v) is 7.37. The molecule has 0 spiro atoms. The summed E-state index contributed by atoms with van der Waals surface area (Å²) in [6.07, 6.45) is 2.01. The lowest BCUT2D eigenvalue weighted by atomic mass is 10.0. The molecule has 0 bridgehead atoms. The van der Waals surface area contributed by atoms with E-state index in [0.717, 1.165) is 29.5 Å². The van der Waals surface area contributed by atoms with Gasteiger partial charge in [0.1, 0.15) is 6.04 Å². The van der Waals surface area contributed by atoms with Gasteiger partial charge in [-0.25, -0.2) is 0 Å². The van der Waals surface area contributed by atoms with Gasteiger partial charge in [-0.05, 0) is 44.2 Å². The molecular formula is C20H25N3O3. The number of aryl methyl sites for hydroxylation is 2. The molecule has 1 aliphatic carbocycles. The molecule has 1 aromatic heterocycles. The minimum absolute atomic E-state index is 0.0249. The molecule has 1 heterocycles. The first-order valence-electron chi connectivity index (χ1n) is 9.00. The Morgan fingerprint density at radius 3 is 2.58 bits per heavy atom. The van der Waals surface area contributed by atoms with Crippen LogP contribution >= 0.6 is 0 Å². The third-order valence-corrected chi connectivity index (χ3v) is 4.56. The van der Waals surface area contributed by atoms with E-state index in [-0.39, 0.29) is 23.6 Å². The zero-order valence-corrected chi connectivity index (χ0v) is 15.6.